The van der Waals surface area contributed by atoms with Crippen LogP contribution in [0.4, 0.5) is 16.2 Å². The van der Waals surface area contributed by atoms with Gasteiger partial charge in [0, 0.05) is 26.2 Å². The van der Waals surface area contributed by atoms with Crippen LogP contribution in [-0.2, 0) is 14.8 Å². The largest absolute Gasteiger partial charge is 0.444 e. The van der Waals surface area contributed by atoms with Crippen LogP contribution < -0.4 is 9.62 Å². The van der Waals surface area contributed by atoms with Crippen LogP contribution in [0.2, 0.25) is 0 Å². The second-order valence-electron chi connectivity index (χ2n) is 7.84. The number of hydrogen-bond donors (Lipinski definition) is 1. The molecular formula is C19H31N3O4S. The second kappa shape index (κ2) is 8.37. The van der Waals surface area contributed by atoms with Crippen LogP contribution in [0.1, 0.15) is 41.0 Å². The van der Waals surface area contributed by atoms with Crippen molar-refractivity contribution in [3.8, 4) is 0 Å². The summed E-state index contributed by atoms with van der Waals surface area (Å²) < 4.78 is 33.0. The average Bonchev–Trinajstić information content (AvgIpc) is 2.60. The smallest absolute Gasteiger partial charge is 0.410 e. The van der Waals surface area contributed by atoms with Gasteiger partial charge in [0.15, 0.2) is 0 Å². The van der Waals surface area contributed by atoms with E-state index in [1.165, 1.54) is 0 Å². The first kappa shape index (κ1) is 21.3. The number of sulfonamides is 1. The molecule has 1 heterocycles. The minimum Gasteiger partial charge on any atom is -0.444 e. The van der Waals surface area contributed by atoms with Crippen LogP contribution in [0.3, 0.4) is 0 Å². The number of rotatable bonds is 5. The molecule has 152 valence electrons. The summed E-state index contributed by atoms with van der Waals surface area (Å²) in [6.45, 7) is 11.4. The van der Waals surface area contributed by atoms with Gasteiger partial charge in [-0.15, -0.1) is 0 Å². The van der Waals surface area contributed by atoms with Crippen molar-refractivity contribution in [2.45, 2.75) is 51.9 Å². The predicted molar refractivity (Wildman–Crippen MR) is 109 cm³/mol. The Balaban J connectivity index is 2.08. The fourth-order valence-corrected chi connectivity index (χ4v) is 3.88. The van der Waals surface area contributed by atoms with Crippen molar-refractivity contribution in [2.24, 2.45) is 0 Å². The summed E-state index contributed by atoms with van der Waals surface area (Å²) >= 11 is 0. The number of carbonyl (C=O) groups is 1. The Morgan fingerprint density at radius 1 is 1.19 bits per heavy atom. The minimum absolute atomic E-state index is 0.312. The first-order valence-corrected chi connectivity index (χ1v) is 10.9. The lowest BCUT2D eigenvalue weighted by atomic mass is 10.2. The SMILES string of the molecule is CCC(C)S(=O)(=O)Nc1ccccc1N1CCN(C(=O)OC(C)(C)C)CC1. The van der Waals surface area contributed by atoms with Gasteiger partial charge in [-0.3, -0.25) is 4.72 Å². The van der Waals surface area contributed by atoms with Gasteiger partial charge < -0.3 is 14.5 Å². The first-order chi connectivity index (χ1) is 12.5. The highest BCUT2D eigenvalue weighted by Crippen LogP contribution is 2.28. The van der Waals surface area contributed by atoms with E-state index in [0.29, 0.717) is 38.3 Å². The van der Waals surface area contributed by atoms with Gasteiger partial charge in [-0.25, -0.2) is 13.2 Å². The maximum absolute atomic E-state index is 12.4. The number of hydrogen-bond acceptors (Lipinski definition) is 5. The van der Waals surface area contributed by atoms with Crippen LogP contribution >= 0.6 is 0 Å². The first-order valence-electron chi connectivity index (χ1n) is 9.37. The third-order valence-electron chi connectivity index (χ3n) is 4.53. The highest BCUT2D eigenvalue weighted by Gasteiger charge is 2.27. The lowest BCUT2D eigenvalue weighted by Crippen LogP contribution is -2.50. The van der Waals surface area contributed by atoms with E-state index in [1.807, 2.05) is 45.9 Å². The van der Waals surface area contributed by atoms with E-state index < -0.39 is 20.9 Å². The van der Waals surface area contributed by atoms with Gasteiger partial charge >= 0.3 is 6.09 Å². The zero-order valence-electron chi connectivity index (χ0n) is 16.9. The maximum atomic E-state index is 12.4. The third-order valence-corrected chi connectivity index (χ3v) is 6.43. The Morgan fingerprint density at radius 3 is 2.33 bits per heavy atom. The van der Waals surface area contributed by atoms with E-state index in [1.54, 1.807) is 17.9 Å². The molecule has 7 nitrogen and oxygen atoms in total. The monoisotopic (exact) mass is 397 g/mol. The third kappa shape index (κ3) is 5.76. The van der Waals surface area contributed by atoms with Crippen molar-refractivity contribution in [3.05, 3.63) is 24.3 Å². The molecule has 27 heavy (non-hydrogen) atoms. The highest BCUT2D eigenvalue weighted by atomic mass is 32.2. The van der Waals surface area contributed by atoms with Gasteiger partial charge in [-0.2, -0.15) is 0 Å². The molecule has 1 aliphatic rings. The lowest BCUT2D eigenvalue weighted by Gasteiger charge is -2.37. The quantitative estimate of drug-likeness (QED) is 0.825. The fourth-order valence-electron chi connectivity index (χ4n) is 2.77. The molecule has 1 aromatic rings. The molecule has 2 rings (SSSR count). The summed E-state index contributed by atoms with van der Waals surface area (Å²) in [6.07, 6.45) is 0.236. The molecular weight excluding hydrogens is 366 g/mol. The topological polar surface area (TPSA) is 79.0 Å². The summed E-state index contributed by atoms with van der Waals surface area (Å²) in [4.78, 5) is 16.0. The van der Waals surface area contributed by atoms with Crippen LogP contribution in [0.15, 0.2) is 24.3 Å². The molecule has 1 atom stereocenters. The lowest BCUT2D eigenvalue weighted by molar-refractivity contribution is 0.0240. The molecule has 1 unspecified atom stereocenters. The summed E-state index contributed by atoms with van der Waals surface area (Å²) in [6, 6.07) is 7.37. The Hall–Kier alpha value is -1.96. The molecule has 0 aliphatic carbocycles. The van der Waals surface area contributed by atoms with Gasteiger partial charge in [-0.05, 0) is 46.2 Å². The van der Waals surface area contributed by atoms with Crippen LogP contribution in [0.25, 0.3) is 0 Å². The summed E-state index contributed by atoms with van der Waals surface area (Å²) in [5.74, 6) is 0. The number of amides is 1. The molecule has 8 heteroatoms. The molecule has 0 aromatic heterocycles. The van der Waals surface area contributed by atoms with Gasteiger partial charge in [0.1, 0.15) is 5.60 Å². The molecule has 0 saturated carbocycles. The number of ether oxygens (including phenoxy) is 1. The predicted octanol–water partition coefficient (Wildman–Crippen LogP) is 3.28. The normalized spacial score (nSPS) is 16.8. The van der Waals surface area contributed by atoms with Crippen LogP contribution in [0.5, 0.6) is 0 Å². The zero-order chi connectivity index (χ0) is 20.2. The van der Waals surface area contributed by atoms with E-state index >= 15 is 0 Å². The van der Waals surface area contributed by atoms with Crippen LogP contribution in [0, 0.1) is 0 Å². The molecule has 1 saturated heterocycles. The van der Waals surface area contributed by atoms with Gasteiger partial charge in [0.05, 0.1) is 16.6 Å². The van der Waals surface area contributed by atoms with E-state index in [4.69, 9.17) is 4.74 Å². The molecule has 0 bridgehead atoms. The number of nitrogens with one attached hydrogen (secondary N) is 1. The van der Waals surface area contributed by atoms with Gasteiger partial charge in [0.25, 0.3) is 0 Å². The summed E-state index contributed by atoms with van der Waals surface area (Å²) in [7, 11) is -3.43. The van der Waals surface area contributed by atoms with Crippen LogP contribution in [-0.4, -0.2) is 56.4 Å². The Labute approximate surface area is 162 Å². The number of nitrogens with zero attached hydrogens (tertiary/aromatic N) is 2. The Morgan fingerprint density at radius 2 is 1.78 bits per heavy atom. The Kier molecular flexibility index (Phi) is 6.62. The molecule has 1 N–H and O–H groups in total. The molecule has 1 aromatic carbocycles. The van der Waals surface area contributed by atoms with Crippen molar-refractivity contribution in [2.75, 3.05) is 35.8 Å². The number of para-hydroxylation sites is 2. The highest BCUT2D eigenvalue weighted by molar-refractivity contribution is 7.93. The Bertz CT molecular complexity index is 750. The number of benzene rings is 1. The van der Waals surface area contributed by atoms with E-state index in [-0.39, 0.29) is 6.09 Å². The van der Waals surface area contributed by atoms with Crippen molar-refractivity contribution in [3.63, 3.8) is 0 Å². The second-order valence-corrected chi connectivity index (χ2v) is 9.94. The number of piperazine rings is 1. The van der Waals surface area contributed by atoms with Crippen molar-refractivity contribution >= 4 is 27.5 Å². The summed E-state index contributed by atoms with van der Waals surface area (Å²) in [5.41, 5.74) is 0.881. The number of carbonyl (C=O) groups excluding carboxylic acids is 1. The van der Waals surface area contributed by atoms with Gasteiger partial charge in [-0.1, -0.05) is 19.1 Å². The fraction of sp³-hybridized carbons (Fsp3) is 0.632. The average molecular weight is 398 g/mol. The molecule has 0 spiro atoms. The van der Waals surface area contributed by atoms with Crippen molar-refractivity contribution < 1.29 is 17.9 Å². The molecule has 0 radical (unpaired) electrons. The summed E-state index contributed by atoms with van der Waals surface area (Å²) in [5, 5.41) is -0.463. The number of anilines is 2. The minimum atomic E-state index is -3.43. The molecule has 1 fully saturated rings. The van der Waals surface area contributed by atoms with E-state index in [9.17, 15) is 13.2 Å². The van der Waals surface area contributed by atoms with E-state index in [0.717, 1.165) is 5.69 Å². The standard InChI is InChI=1S/C19H31N3O4S/c1-6-15(2)27(24,25)20-16-9-7-8-10-17(16)21-11-13-22(14-12-21)18(23)26-19(3,4)5/h7-10,15,20H,6,11-14H2,1-5H3. The molecule has 1 amide bonds. The van der Waals surface area contributed by atoms with E-state index in [2.05, 4.69) is 9.62 Å². The maximum Gasteiger partial charge on any atom is 0.410 e. The zero-order valence-corrected chi connectivity index (χ0v) is 17.7. The van der Waals surface area contributed by atoms with Gasteiger partial charge in [0.2, 0.25) is 10.0 Å². The van der Waals surface area contributed by atoms with Crippen molar-refractivity contribution in [1.29, 1.82) is 0 Å². The van der Waals surface area contributed by atoms with Crippen molar-refractivity contribution in [1.82, 2.24) is 4.90 Å². The molecule has 1 aliphatic heterocycles.